The second-order valence-electron chi connectivity index (χ2n) is 5.25. The Labute approximate surface area is 122 Å². The highest BCUT2D eigenvalue weighted by Crippen LogP contribution is 2.19. The van der Waals surface area contributed by atoms with Crippen LogP contribution in [0.25, 0.3) is 0 Å². The number of aryl methyl sites for hydroxylation is 1. The van der Waals surface area contributed by atoms with Crippen LogP contribution in [0.15, 0.2) is 18.2 Å². The van der Waals surface area contributed by atoms with Gasteiger partial charge in [-0.1, -0.05) is 19.9 Å². The van der Waals surface area contributed by atoms with Crippen molar-refractivity contribution in [2.75, 3.05) is 0 Å². The number of benzene rings is 1. The molecule has 0 heterocycles. The Hall–Kier alpha value is -2.44. The third kappa shape index (κ3) is 4.55. The van der Waals surface area contributed by atoms with E-state index in [1.807, 2.05) is 13.8 Å². The summed E-state index contributed by atoms with van der Waals surface area (Å²) in [5.74, 6) is -1.66. The van der Waals surface area contributed by atoms with Crippen LogP contribution < -0.4 is 5.32 Å². The van der Waals surface area contributed by atoms with Crippen molar-refractivity contribution in [1.29, 1.82) is 0 Å². The van der Waals surface area contributed by atoms with Crippen LogP contribution >= 0.6 is 0 Å². The maximum Gasteiger partial charge on any atom is 0.326 e. The van der Waals surface area contributed by atoms with Crippen LogP contribution in [0.3, 0.4) is 0 Å². The van der Waals surface area contributed by atoms with E-state index in [1.54, 1.807) is 6.92 Å². The summed E-state index contributed by atoms with van der Waals surface area (Å²) < 4.78 is 0. The fourth-order valence-corrected chi connectivity index (χ4v) is 1.88. The largest absolute Gasteiger partial charge is 0.480 e. The van der Waals surface area contributed by atoms with Crippen molar-refractivity contribution in [3.05, 3.63) is 39.4 Å². The van der Waals surface area contributed by atoms with E-state index in [4.69, 9.17) is 5.11 Å². The van der Waals surface area contributed by atoms with Crippen molar-refractivity contribution in [3.63, 3.8) is 0 Å². The van der Waals surface area contributed by atoms with Gasteiger partial charge in [-0.3, -0.25) is 14.9 Å². The average Bonchev–Trinajstić information content (AvgIpc) is 2.37. The number of amides is 1. The fraction of sp³-hybridized carbons (Fsp3) is 0.429. The van der Waals surface area contributed by atoms with Crippen LogP contribution in [0.2, 0.25) is 0 Å². The average molecular weight is 294 g/mol. The summed E-state index contributed by atoms with van der Waals surface area (Å²) in [6.45, 7) is 5.26. The van der Waals surface area contributed by atoms with E-state index in [0.717, 1.165) is 6.07 Å². The molecular formula is C14H18N2O5. The van der Waals surface area contributed by atoms with Crippen molar-refractivity contribution in [2.24, 2.45) is 5.92 Å². The minimum atomic E-state index is -1.13. The van der Waals surface area contributed by atoms with Gasteiger partial charge in [-0.2, -0.15) is 0 Å². The van der Waals surface area contributed by atoms with Crippen LogP contribution in [-0.2, 0) is 4.79 Å². The number of carbonyl (C=O) groups is 2. The van der Waals surface area contributed by atoms with E-state index in [9.17, 15) is 19.7 Å². The molecule has 0 aliphatic heterocycles. The Morgan fingerprint density at radius 2 is 2.00 bits per heavy atom. The Morgan fingerprint density at radius 3 is 2.48 bits per heavy atom. The summed E-state index contributed by atoms with van der Waals surface area (Å²) in [6.07, 6.45) is 0.287. The van der Waals surface area contributed by atoms with E-state index in [0.29, 0.717) is 5.56 Å². The number of nitrogens with one attached hydrogen (secondary N) is 1. The number of aliphatic carboxylic acids is 1. The highest BCUT2D eigenvalue weighted by molar-refractivity contribution is 5.97. The molecule has 0 saturated heterocycles. The Kier molecular flexibility index (Phi) is 5.40. The fourth-order valence-electron chi connectivity index (χ4n) is 1.88. The van der Waals surface area contributed by atoms with Crippen molar-refractivity contribution < 1.29 is 19.6 Å². The summed E-state index contributed by atoms with van der Waals surface area (Å²) in [6, 6.07) is 3.04. The topological polar surface area (TPSA) is 110 Å². The molecule has 0 aromatic heterocycles. The highest BCUT2D eigenvalue weighted by atomic mass is 16.6. The van der Waals surface area contributed by atoms with Gasteiger partial charge in [0.1, 0.15) is 6.04 Å². The molecule has 0 radical (unpaired) electrons. The summed E-state index contributed by atoms with van der Waals surface area (Å²) in [7, 11) is 0. The van der Waals surface area contributed by atoms with Crippen LogP contribution in [0, 0.1) is 23.0 Å². The van der Waals surface area contributed by atoms with Gasteiger partial charge in [-0.05, 0) is 25.3 Å². The molecule has 0 unspecified atom stereocenters. The third-order valence-corrected chi connectivity index (χ3v) is 2.98. The summed E-state index contributed by atoms with van der Waals surface area (Å²) in [4.78, 5) is 33.4. The zero-order valence-corrected chi connectivity index (χ0v) is 12.1. The van der Waals surface area contributed by atoms with Gasteiger partial charge in [0.15, 0.2) is 0 Å². The first-order chi connectivity index (χ1) is 9.72. The molecule has 21 heavy (non-hydrogen) atoms. The van der Waals surface area contributed by atoms with Gasteiger partial charge in [0.2, 0.25) is 0 Å². The molecule has 0 bridgehead atoms. The molecule has 0 aliphatic rings. The minimum absolute atomic E-state index is 0.0716. The molecule has 0 saturated carbocycles. The standard InChI is InChI=1S/C14H18N2O5/c1-8(2)6-11(14(18)19)15-13(17)10-5-4-9(3)12(7-10)16(20)21/h4-5,7-8,11H,6H2,1-3H3,(H,15,17)(H,18,19)/t11-/m0/s1. The van der Waals surface area contributed by atoms with E-state index >= 15 is 0 Å². The number of carbonyl (C=O) groups excluding carboxylic acids is 1. The van der Waals surface area contributed by atoms with Crippen molar-refractivity contribution in [2.45, 2.75) is 33.2 Å². The Balaban J connectivity index is 2.95. The predicted octanol–water partition coefficient (Wildman–Crippen LogP) is 2.13. The lowest BCUT2D eigenvalue weighted by Crippen LogP contribution is -2.41. The second-order valence-corrected chi connectivity index (χ2v) is 5.25. The molecule has 114 valence electrons. The van der Waals surface area contributed by atoms with Crippen LogP contribution in [0.4, 0.5) is 5.69 Å². The lowest BCUT2D eigenvalue weighted by Gasteiger charge is -2.16. The molecule has 2 N–H and O–H groups in total. The smallest absolute Gasteiger partial charge is 0.326 e. The third-order valence-electron chi connectivity index (χ3n) is 2.98. The van der Waals surface area contributed by atoms with E-state index in [2.05, 4.69) is 5.32 Å². The molecule has 7 heteroatoms. The molecule has 0 aliphatic carbocycles. The molecule has 7 nitrogen and oxygen atoms in total. The molecule has 1 aromatic carbocycles. The first-order valence-corrected chi connectivity index (χ1v) is 6.51. The number of hydrogen-bond acceptors (Lipinski definition) is 4. The van der Waals surface area contributed by atoms with Crippen molar-refractivity contribution in [1.82, 2.24) is 5.32 Å². The summed E-state index contributed by atoms with van der Waals surface area (Å²) in [5.41, 5.74) is 0.342. The first kappa shape index (κ1) is 16.6. The molecular weight excluding hydrogens is 276 g/mol. The maximum atomic E-state index is 12.0. The van der Waals surface area contributed by atoms with E-state index in [1.165, 1.54) is 12.1 Å². The van der Waals surface area contributed by atoms with Crippen molar-refractivity contribution in [3.8, 4) is 0 Å². The normalized spacial score (nSPS) is 12.0. The quantitative estimate of drug-likeness (QED) is 0.617. The van der Waals surface area contributed by atoms with E-state index in [-0.39, 0.29) is 23.6 Å². The van der Waals surface area contributed by atoms with Crippen molar-refractivity contribution >= 4 is 17.6 Å². The number of nitro benzene ring substituents is 1. The molecule has 1 aromatic rings. The molecule has 0 fully saturated rings. The van der Waals surface area contributed by atoms with Crippen LogP contribution in [0.5, 0.6) is 0 Å². The van der Waals surface area contributed by atoms with Crippen LogP contribution in [0.1, 0.15) is 36.2 Å². The zero-order chi connectivity index (χ0) is 16.2. The number of carboxylic acids is 1. The number of nitrogens with zero attached hydrogens (tertiary/aromatic N) is 1. The van der Waals surface area contributed by atoms with E-state index < -0.39 is 22.8 Å². The predicted molar refractivity (Wildman–Crippen MR) is 76.2 cm³/mol. The first-order valence-electron chi connectivity index (χ1n) is 6.51. The molecule has 1 rings (SSSR count). The highest BCUT2D eigenvalue weighted by Gasteiger charge is 2.23. The summed E-state index contributed by atoms with van der Waals surface area (Å²) >= 11 is 0. The minimum Gasteiger partial charge on any atom is -0.480 e. The number of nitro groups is 1. The Bertz CT molecular complexity index is 568. The molecule has 1 atom stereocenters. The monoisotopic (exact) mass is 294 g/mol. The second kappa shape index (κ2) is 6.83. The summed E-state index contributed by atoms with van der Waals surface area (Å²) in [5, 5.41) is 22.3. The van der Waals surface area contributed by atoms with Gasteiger partial charge >= 0.3 is 5.97 Å². The lowest BCUT2D eigenvalue weighted by atomic mass is 10.0. The number of carboxylic acid groups (broad SMARTS) is 1. The molecule has 0 spiro atoms. The Morgan fingerprint density at radius 1 is 1.38 bits per heavy atom. The van der Waals surface area contributed by atoms with Crippen LogP contribution in [-0.4, -0.2) is 27.9 Å². The van der Waals surface area contributed by atoms with Gasteiger partial charge in [-0.15, -0.1) is 0 Å². The number of rotatable bonds is 6. The van der Waals surface area contributed by atoms with Gasteiger partial charge in [0.05, 0.1) is 4.92 Å². The maximum absolute atomic E-state index is 12.0. The van der Waals surface area contributed by atoms with Gasteiger partial charge in [0.25, 0.3) is 11.6 Å². The zero-order valence-electron chi connectivity index (χ0n) is 12.1. The van der Waals surface area contributed by atoms with Gasteiger partial charge in [-0.25, -0.2) is 4.79 Å². The van der Waals surface area contributed by atoms with Gasteiger partial charge in [0, 0.05) is 17.2 Å². The van der Waals surface area contributed by atoms with Gasteiger partial charge < -0.3 is 10.4 Å². The SMILES string of the molecule is Cc1ccc(C(=O)N[C@@H](CC(C)C)C(=O)O)cc1[N+](=O)[O-]. The molecule has 1 amide bonds. The lowest BCUT2D eigenvalue weighted by molar-refractivity contribution is -0.385. The number of hydrogen-bond donors (Lipinski definition) is 2.